The van der Waals surface area contributed by atoms with E-state index in [1.54, 1.807) is 41.5 Å². The maximum Gasteiger partial charge on any atom is 0.408 e. The van der Waals surface area contributed by atoms with Crippen molar-refractivity contribution in [3.8, 4) is 0 Å². The Balaban J connectivity index is 2.17. The van der Waals surface area contributed by atoms with Crippen LogP contribution in [0.1, 0.15) is 54.9 Å². The normalized spacial score (nSPS) is 27.7. The number of fused-ring (bicyclic) bond motifs is 1. The van der Waals surface area contributed by atoms with Crippen molar-refractivity contribution in [3.05, 3.63) is 12.8 Å². The molecule has 3 amide bonds. The van der Waals surface area contributed by atoms with Gasteiger partial charge in [-0.25, -0.2) is 9.59 Å². The van der Waals surface area contributed by atoms with E-state index in [0.717, 1.165) is 6.26 Å². The molecule has 208 valence electrons. The molecule has 0 bridgehead atoms. The van der Waals surface area contributed by atoms with Gasteiger partial charge in [0.05, 0.1) is 24.9 Å². The highest BCUT2D eigenvalue weighted by Gasteiger charge is 2.76. The van der Waals surface area contributed by atoms with E-state index >= 15 is 0 Å². The Morgan fingerprint density at radius 3 is 2.24 bits per heavy atom. The Labute approximate surface area is 216 Å². The molecule has 12 nitrogen and oxygen atoms in total. The number of nitrogens with one attached hydrogen (secondary N) is 3. The quantitative estimate of drug-likeness (QED) is 0.183. The molecule has 12 heteroatoms. The van der Waals surface area contributed by atoms with Gasteiger partial charge in [-0.15, -0.1) is 0 Å². The Kier molecular flexibility index (Phi) is 9.34. The summed E-state index contributed by atoms with van der Waals surface area (Å²) in [7, 11) is 0. The van der Waals surface area contributed by atoms with Gasteiger partial charge in [0, 0.05) is 18.3 Å². The second kappa shape index (κ2) is 11.5. The molecule has 0 spiro atoms. The van der Waals surface area contributed by atoms with Crippen LogP contribution in [-0.4, -0.2) is 70.9 Å². The topological polar surface area (TPSA) is 169 Å². The largest absolute Gasteiger partial charge is 0.464 e. The summed E-state index contributed by atoms with van der Waals surface area (Å²) < 4.78 is 15.3. The molecule has 0 aliphatic heterocycles. The van der Waals surface area contributed by atoms with Crippen molar-refractivity contribution in [3.63, 3.8) is 0 Å². The molecule has 2 rings (SSSR count). The summed E-state index contributed by atoms with van der Waals surface area (Å²) in [5.41, 5.74) is -2.44. The molecule has 2 aliphatic rings. The van der Waals surface area contributed by atoms with Gasteiger partial charge in [-0.1, -0.05) is 20.4 Å². The van der Waals surface area contributed by atoms with Crippen LogP contribution in [0.2, 0.25) is 0 Å². The highest BCUT2D eigenvalue weighted by Crippen LogP contribution is 2.63. The number of amides is 3. The fourth-order valence-corrected chi connectivity index (χ4v) is 4.85. The monoisotopic (exact) mass is 525 g/mol. The van der Waals surface area contributed by atoms with Crippen LogP contribution in [0, 0.1) is 23.7 Å². The minimum atomic E-state index is -1.67. The second-order valence-electron chi connectivity index (χ2n) is 10.8. The van der Waals surface area contributed by atoms with Crippen molar-refractivity contribution >= 4 is 29.8 Å². The molecule has 2 saturated carbocycles. The standard InChI is InChI=1S/C25H39N3O9/c1-9-35-21(32)16-15-14(29)11-25(17(15)16,22(33)36-10-2)28-19(30)13(5)26-20(31)18(12(3)4)27-23(34)37-24(6,7)8/h9,12-18,29H,1,10-11H2,2-8H3,(H,26,31)(H,27,34)(H,28,30)/t13-,14-,15-,16-,17-,18-,25+/m0/s1. The number of carbonyl (C=O) groups excluding carboxylic acids is 5. The van der Waals surface area contributed by atoms with Crippen molar-refractivity contribution in [1.82, 2.24) is 16.0 Å². The zero-order chi connectivity index (χ0) is 28.3. The highest BCUT2D eigenvalue weighted by atomic mass is 16.6. The zero-order valence-electron chi connectivity index (χ0n) is 22.5. The lowest BCUT2D eigenvalue weighted by Crippen LogP contribution is -2.62. The first kappa shape index (κ1) is 30.1. The lowest BCUT2D eigenvalue weighted by molar-refractivity contribution is -0.156. The Morgan fingerprint density at radius 2 is 1.73 bits per heavy atom. The van der Waals surface area contributed by atoms with Crippen LogP contribution in [0.25, 0.3) is 0 Å². The third-order valence-corrected chi connectivity index (χ3v) is 6.45. The van der Waals surface area contributed by atoms with E-state index < -0.39 is 76.9 Å². The average Bonchev–Trinajstić information content (AvgIpc) is 3.45. The minimum absolute atomic E-state index is 0.0183. The smallest absolute Gasteiger partial charge is 0.408 e. The summed E-state index contributed by atoms with van der Waals surface area (Å²) in [5, 5.41) is 18.3. The van der Waals surface area contributed by atoms with E-state index in [4.69, 9.17) is 14.2 Å². The number of aliphatic hydroxyl groups excluding tert-OH is 1. The predicted molar refractivity (Wildman–Crippen MR) is 130 cm³/mol. The first-order valence-electron chi connectivity index (χ1n) is 12.4. The fraction of sp³-hybridized carbons (Fsp3) is 0.720. The Bertz CT molecular complexity index is 929. The predicted octanol–water partition coefficient (Wildman–Crippen LogP) is 0.772. The van der Waals surface area contributed by atoms with Crippen molar-refractivity contribution in [2.45, 2.75) is 84.2 Å². The van der Waals surface area contributed by atoms with Gasteiger partial charge in [0.2, 0.25) is 11.8 Å². The molecule has 0 saturated heterocycles. The highest BCUT2D eigenvalue weighted by molar-refractivity contribution is 5.96. The molecular weight excluding hydrogens is 486 g/mol. The molecule has 0 aromatic rings. The van der Waals surface area contributed by atoms with Gasteiger partial charge in [0.1, 0.15) is 23.2 Å². The summed E-state index contributed by atoms with van der Waals surface area (Å²) >= 11 is 0. The van der Waals surface area contributed by atoms with Gasteiger partial charge in [-0.2, -0.15) is 0 Å². The lowest BCUT2D eigenvalue weighted by Gasteiger charge is -2.33. The second-order valence-corrected chi connectivity index (χ2v) is 10.8. The van der Waals surface area contributed by atoms with E-state index in [2.05, 4.69) is 22.5 Å². The molecule has 4 N–H and O–H groups in total. The fourth-order valence-electron chi connectivity index (χ4n) is 4.85. The van der Waals surface area contributed by atoms with Crippen LogP contribution in [0.5, 0.6) is 0 Å². The SMILES string of the molecule is C=COC(=O)[C@H]1[C@H]2[C@@H]1[C@@](NC(=O)[C@H](C)NC(=O)[C@@H](NC(=O)OC(C)(C)C)C(C)C)(C(=O)OCC)C[C@@H]2O. The van der Waals surface area contributed by atoms with Gasteiger partial charge in [-0.05, 0) is 40.5 Å². The molecule has 0 radical (unpaired) electrons. The molecule has 0 aromatic carbocycles. The number of ether oxygens (including phenoxy) is 3. The van der Waals surface area contributed by atoms with Gasteiger partial charge in [0.25, 0.3) is 0 Å². The summed E-state index contributed by atoms with van der Waals surface area (Å²) in [4.78, 5) is 63.7. The molecular formula is C25H39N3O9. The Hall–Kier alpha value is -3.15. The van der Waals surface area contributed by atoms with Crippen LogP contribution in [0.3, 0.4) is 0 Å². The molecule has 0 heterocycles. The third-order valence-electron chi connectivity index (χ3n) is 6.45. The average molecular weight is 526 g/mol. The maximum absolute atomic E-state index is 13.2. The first-order chi connectivity index (χ1) is 17.1. The van der Waals surface area contributed by atoms with E-state index in [-0.39, 0.29) is 18.9 Å². The number of hydrogen-bond donors (Lipinski definition) is 4. The molecule has 37 heavy (non-hydrogen) atoms. The molecule has 0 unspecified atom stereocenters. The number of alkyl carbamates (subject to hydrolysis) is 1. The zero-order valence-corrected chi connectivity index (χ0v) is 22.5. The number of esters is 2. The summed E-state index contributed by atoms with van der Waals surface area (Å²) in [5.74, 6) is -5.28. The summed E-state index contributed by atoms with van der Waals surface area (Å²) in [6.45, 7) is 14.9. The van der Waals surface area contributed by atoms with Crippen molar-refractivity contribution in [2.24, 2.45) is 23.7 Å². The van der Waals surface area contributed by atoms with Gasteiger partial charge >= 0.3 is 18.0 Å². The van der Waals surface area contributed by atoms with Crippen LogP contribution >= 0.6 is 0 Å². The van der Waals surface area contributed by atoms with Crippen LogP contribution in [0.15, 0.2) is 12.8 Å². The third kappa shape index (κ3) is 6.79. The van der Waals surface area contributed by atoms with Gasteiger partial charge in [0.15, 0.2) is 0 Å². The van der Waals surface area contributed by atoms with Crippen molar-refractivity contribution < 1.29 is 43.3 Å². The number of rotatable bonds is 10. The van der Waals surface area contributed by atoms with E-state index in [9.17, 15) is 29.1 Å². The molecule has 0 aromatic heterocycles. The van der Waals surface area contributed by atoms with Crippen LogP contribution < -0.4 is 16.0 Å². The van der Waals surface area contributed by atoms with E-state index in [0.29, 0.717) is 0 Å². The Morgan fingerprint density at radius 1 is 1.11 bits per heavy atom. The van der Waals surface area contributed by atoms with E-state index in [1.165, 1.54) is 6.92 Å². The van der Waals surface area contributed by atoms with Gasteiger partial charge < -0.3 is 35.3 Å². The number of carbonyl (C=O) groups is 5. The molecule has 7 atom stereocenters. The van der Waals surface area contributed by atoms with Gasteiger partial charge in [-0.3, -0.25) is 14.4 Å². The first-order valence-corrected chi connectivity index (χ1v) is 12.4. The molecule has 2 fully saturated rings. The maximum atomic E-state index is 13.2. The van der Waals surface area contributed by atoms with Crippen molar-refractivity contribution in [2.75, 3.05) is 6.61 Å². The van der Waals surface area contributed by atoms with Crippen LogP contribution in [0.4, 0.5) is 4.79 Å². The van der Waals surface area contributed by atoms with Crippen LogP contribution in [-0.2, 0) is 33.4 Å². The number of hydrogen-bond acceptors (Lipinski definition) is 9. The summed E-state index contributed by atoms with van der Waals surface area (Å²) in [6, 6.07) is -2.13. The summed E-state index contributed by atoms with van der Waals surface area (Å²) in [6.07, 6.45) is -1.02. The van der Waals surface area contributed by atoms with Crippen molar-refractivity contribution in [1.29, 1.82) is 0 Å². The minimum Gasteiger partial charge on any atom is -0.464 e. The van der Waals surface area contributed by atoms with E-state index in [1.807, 2.05) is 0 Å². The number of aliphatic hydroxyl groups is 1. The molecule has 2 aliphatic carbocycles. The lowest BCUT2D eigenvalue weighted by atomic mass is 9.89.